The van der Waals surface area contributed by atoms with Gasteiger partial charge in [-0.2, -0.15) is 0 Å². The first-order valence-electron chi connectivity index (χ1n) is 9.53. The van der Waals surface area contributed by atoms with Gasteiger partial charge in [-0.3, -0.25) is 0 Å². The van der Waals surface area contributed by atoms with E-state index in [4.69, 9.17) is 4.42 Å². The van der Waals surface area contributed by atoms with Crippen molar-refractivity contribution >= 4 is 0 Å². The summed E-state index contributed by atoms with van der Waals surface area (Å²) in [5, 5.41) is 0. The summed E-state index contributed by atoms with van der Waals surface area (Å²) in [6.07, 6.45) is 2.05. The summed E-state index contributed by atoms with van der Waals surface area (Å²) in [4.78, 5) is 0. The van der Waals surface area contributed by atoms with Crippen LogP contribution in [0.1, 0.15) is 18.9 Å². The second kappa shape index (κ2) is 8.01. The topological polar surface area (TPSA) is 11.3 Å². The van der Waals surface area contributed by atoms with Crippen LogP contribution in [-0.4, -0.2) is 0 Å². The third-order valence-corrected chi connectivity index (χ3v) is 4.77. The zero-order valence-corrected chi connectivity index (χ0v) is 15.6. The molecule has 0 aliphatic carbocycles. The molecule has 27 heavy (non-hydrogen) atoms. The van der Waals surface area contributed by atoms with Gasteiger partial charge in [-0.15, -0.1) is 0 Å². The average Bonchev–Trinajstić information content (AvgIpc) is 2.76. The van der Waals surface area contributed by atoms with E-state index in [2.05, 4.69) is 91.9 Å². The van der Waals surface area contributed by atoms with Crippen LogP contribution in [0.15, 0.2) is 101 Å². The molecular formula is C26H23O+. The molecule has 0 spiro atoms. The molecule has 1 nitrogen and oxygen atoms in total. The fourth-order valence-electron chi connectivity index (χ4n) is 3.48. The SMILES string of the molecule is CCCc1c(-c2ccccc2)cc(-c2ccccc2)[o+]c1-c1ccccc1. The van der Waals surface area contributed by atoms with E-state index in [9.17, 15) is 0 Å². The molecule has 0 N–H and O–H groups in total. The molecule has 0 radical (unpaired) electrons. The largest absolute Gasteiger partial charge is 0.364 e. The van der Waals surface area contributed by atoms with Crippen molar-refractivity contribution < 1.29 is 4.42 Å². The van der Waals surface area contributed by atoms with Gasteiger partial charge in [0, 0.05) is 5.56 Å². The van der Waals surface area contributed by atoms with Gasteiger partial charge in [0.1, 0.15) is 0 Å². The minimum Gasteiger partial charge on any atom is -0.206 e. The molecular weight excluding hydrogens is 328 g/mol. The van der Waals surface area contributed by atoms with E-state index in [0.717, 1.165) is 35.5 Å². The maximum atomic E-state index is 6.50. The van der Waals surface area contributed by atoms with E-state index in [1.807, 2.05) is 12.1 Å². The minimum absolute atomic E-state index is 0.896. The standard InChI is InChI=1S/C26H23O/c1-2-12-23-24(20-13-6-3-7-14-20)19-25(21-15-8-4-9-16-21)27-26(23)22-17-10-5-11-18-22/h3-11,13-19H,2,12H2,1H3/q+1. The van der Waals surface area contributed by atoms with Gasteiger partial charge in [-0.25, -0.2) is 4.42 Å². The summed E-state index contributed by atoms with van der Waals surface area (Å²) in [6, 6.07) is 33.6. The Kier molecular flexibility index (Phi) is 5.11. The van der Waals surface area contributed by atoms with Crippen molar-refractivity contribution in [2.45, 2.75) is 19.8 Å². The lowest BCUT2D eigenvalue weighted by molar-refractivity contribution is 0.574. The lowest BCUT2D eigenvalue weighted by Crippen LogP contribution is -1.96. The van der Waals surface area contributed by atoms with Crippen LogP contribution in [0.4, 0.5) is 0 Å². The molecule has 1 aromatic heterocycles. The Morgan fingerprint density at radius 2 is 1.15 bits per heavy atom. The van der Waals surface area contributed by atoms with Crippen LogP contribution >= 0.6 is 0 Å². The Labute approximate surface area is 161 Å². The first-order chi connectivity index (χ1) is 13.4. The summed E-state index contributed by atoms with van der Waals surface area (Å²) in [7, 11) is 0. The van der Waals surface area contributed by atoms with E-state index in [1.165, 1.54) is 16.7 Å². The zero-order valence-electron chi connectivity index (χ0n) is 15.6. The Hall–Kier alpha value is -3.19. The highest BCUT2D eigenvalue weighted by molar-refractivity contribution is 5.79. The molecule has 1 heterocycles. The molecule has 0 atom stereocenters. The van der Waals surface area contributed by atoms with Crippen LogP contribution in [0.3, 0.4) is 0 Å². The average molecular weight is 351 g/mol. The van der Waals surface area contributed by atoms with Crippen LogP contribution in [0.2, 0.25) is 0 Å². The van der Waals surface area contributed by atoms with Crippen LogP contribution in [0.25, 0.3) is 33.8 Å². The second-order valence-corrected chi connectivity index (χ2v) is 6.68. The third kappa shape index (κ3) is 3.68. The van der Waals surface area contributed by atoms with Crippen molar-refractivity contribution in [3.63, 3.8) is 0 Å². The normalized spacial score (nSPS) is 10.7. The predicted molar refractivity (Wildman–Crippen MR) is 113 cm³/mol. The lowest BCUT2D eigenvalue weighted by Gasteiger charge is -2.09. The van der Waals surface area contributed by atoms with Gasteiger partial charge in [0.2, 0.25) is 0 Å². The summed E-state index contributed by atoms with van der Waals surface area (Å²) in [6.45, 7) is 2.22. The fraction of sp³-hybridized carbons (Fsp3) is 0.115. The quantitative estimate of drug-likeness (QED) is 0.338. The van der Waals surface area contributed by atoms with Crippen molar-refractivity contribution in [3.8, 4) is 33.8 Å². The van der Waals surface area contributed by atoms with Crippen LogP contribution in [0, 0.1) is 0 Å². The molecule has 0 fully saturated rings. The Balaban J connectivity index is 2.01. The smallest absolute Gasteiger partial charge is 0.206 e. The summed E-state index contributed by atoms with van der Waals surface area (Å²) in [5.74, 6) is 1.87. The third-order valence-electron chi connectivity index (χ3n) is 4.77. The molecule has 0 aliphatic rings. The molecule has 3 aromatic carbocycles. The highest BCUT2D eigenvalue weighted by Crippen LogP contribution is 2.38. The van der Waals surface area contributed by atoms with E-state index in [1.54, 1.807) is 0 Å². The number of benzene rings is 3. The van der Waals surface area contributed by atoms with Crippen molar-refractivity contribution in [3.05, 3.63) is 103 Å². The van der Waals surface area contributed by atoms with E-state index < -0.39 is 0 Å². The zero-order chi connectivity index (χ0) is 18.5. The van der Waals surface area contributed by atoms with Gasteiger partial charge < -0.3 is 0 Å². The molecule has 0 unspecified atom stereocenters. The molecule has 0 saturated heterocycles. The molecule has 132 valence electrons. The van der Waals surface area contributed by atoms with Gasteiger partial charge in [-0.05, 0) is 36.2 Å². The molecule has 0 bridgehead atoms. The van der Waals surface area contributed by atoms with Crippen molar-refractivity contribution in [2.24, 2.45) is 0 Å². The minimum atomic E-state index is 0.896. The Morgan fingerprint density at radius 1 is 0.630 bits per heavy atom. The summed E-state index contributed by atoms with van der Waals surface area (Å²) < 4.78 is 6.50. The van der Waals surface area contributed by atoms with E-state index in [0.29, 0.717) is 0 Å². The van der Waals surface area contributed by atoms with Crippen molar-refractivity contribution in [1.29, 1.82) is 0 Å². The fourth-order valence-corrected chi connectivity index (χ4v) is 3.48. The molecule has 0 amide bonds. The van der Waals surface area contributed by atoms with Crippen molar-refractivity contribution in [2.75, 3.05) is 0 Å². The van der Waals surface area contributed by atoms with Crippen LogP contribution in [-0.2, 0) is 6.42 Å². The van der Waals surface area contributed by atoms with Crippen LogP contribution in [0.5, 0.6) is 0 Å². The Bertz CT molecular complexity index is 945. The monoisotopic (exact) mass is 351 g/mol. The molecule has 0 aliphatic heterocycles. The molecule has 4 rings (SSSR count). The maximum Gasteiger partial charge on any atom is 0.364 e. The summed E-state index contributed by atoms with van der Waals surface area (Å²) >= 11 is 0. The molecule has 1 heteroatoms. The maximum absolute atomic E-state index is 6.50. The second-order valence-electron chi connectivity index (χ2n) is 6.68. The first kappa shape index (κ1) is 17.2. The first-order valence-corrected chi connectivity index (χ1v) is 9.53. The van der Waals surface area contributed by atoms with Crippen LogP contribution < -0.4 is 0 Å². The van der Waals surface area contributed by atoms with Gasteiger partial charge in [0.05, 0.1) is 22.8 Å². The van der Waals surface area contributed by atoms with E-state index >= 15 is 0 Å². The highest BCUT2D eigenvalue weighted by atomic mass is 16.3. The Morgan fingerprint density at radius 3 is 1.70 bits per heavy atom. The number of hydrogen-bond donors (Lipinski definition) is 0. The number of rotatable bonds is 5. The lowest BCUT2D eigenvalue weighted by atomic mass is 9.93. The van der Waals surface area contributed by atoms with Gasteiger partial charge in [-0.1, -0.05) is 80.1 Å². The van der Waals surface area contributed by atoms with Crippen molar-refractivity contribution in [1.82, 2.24) is 0 Å². The number of hydrogen-bond acceptors (Lipinski definition) is 0. The molecule has 0 saturated carbocycles. The summed E-state index contributed by atoms with van der Waals surface area (Å²) in [5.41, 5.74) is 5.97. The van der Waals surface area contributed by atoms with Gasteiger partial charge in [0.25, 0.3) is 0 Å². The van der Waals surface area contributed by atoms with Gasteiger partial charge >= 0.3 is 11.5 Å². The van der Waals surface area contributed by atoms with Gasteiger partial charge in [0.15, 0.2) is 0 Å². The molecule has 4 aromatic rings. The predicted octanol–water partition coefficient (Wildman–Crippen LogP) is 7.51. The highest BCUT2D eigenvalue weighted by Gasteiger charge is 2.26. The van der Waals surface area contributed by atoms with E-state index in [-0.39, 0.29) is 0 Å².